The van der Waals surface area contributed by atoms with Gasteiger partial charge in [0, 0.05) is 27.6 Å². The Morgan fingerprint density at radius 2 is 1.76 bits per heavy atom. The molecule has 3 rings (SSSR count). The molecular formula is C16H14NO3S-. The molecule has 5 heteroatoms. The molecule has 0 aliphatic rings. The number of carbonyl (C=O) groups excluding carboxylic acids is 1. The lowest BCUT2D eigenvalue weighted by atomic mass is 10.2. The Hall–Kier alpha value is -2.24. The Labute approximate surface area is 125 Å². The zero-order valence-corrected chi connectivity index (χ0v) is 12.2. The van der Waals surface area contributed by atoms with Crippen molar-refractivity contribution < 1.29 is 13.6 Å². The molecule has 1 unspecified atom stereocenters. The van der Waals surface area contributed by atoms with Gasteiger partial charge in [-0.1, -0.05) is 35.9 Å². The maximum atomic E-state index is 10.5. The lowest BCUT2D eigenvalue weighted by Gasteiger charge is -2.03. The van der Waals surface area contributed by atoms with Crippen LogP contribution in [0.1, 0.15) is 15.9 Å². The summed E-state index contributed by atoms with van der Waals surface area (Å²) in [5.74, 6) is 0. The second-order valence-electron chi connectivity index (χ2n) is 4.46. The number of aromatic amines is 1. The van der Waals surface area contributed by atoms with Crippen molar-refractivity contribution in [3.05, 3.63) is 65.9 Å². The van der Waals surface area contributed by atoms with Crippen LogP contribution in [0, 0.1) is 6.92 Å². The quantitative estimate of drug-likeness (QED) is 0.583. The number of carbonyl (C=O) groups is 1. The van der Waals surface area contributed by atoms with Gasteiger partial charge in [-0.25, -0.2) is 0 Å². The number of benzene rings is 2. The van der Waals surface area contributed by atoms with E-state index in [0.29, 0.717) is 4.90 Å². The second kappa shape index (κ2) is 6.97. The van der Waals surface area contributed by atoms with Crippen molar-refractivity contribution in [3.8, 4) is 0 Å². The topological polar surface area (TPSA) is 73.0 Å². The first-order valence-electron chi connectivity index (χ1n) is 6.29. The van der Waals surface area contributed by atoms with Crippen molar-refractivity contribution >= 4 is 28.3 Å². The molecule has 0 saturated carbocycles. The highest BCUT2D eigenvalue weighted by Crippen LogP contribution is 2.15. The Balaban J connectivity index is 0.000000155. The molecule has 1 heterocycles. The Bertz CT molecular complexity index is 763. The summed E-state index contributed by atoms with van der Waals surface area (Å²) < 4.78 is 20.6. The van der Waals surface area contributed by atoms with Crippen LogP contribution in [0.25, 0.3) is 10.9 Å². The maximum Gasteiger partial charge on any atom is 0.152 e. The van der Waals surface area contributed by atoms with Crippen LogP contribution in [0.3, 0.4) is 0 Å². The first kappa shape index (κ1) is 15.2. The molecule has 4 nitrogen and oxygen atoms in total. The Morgan fingerprint density at radius 1 is 1.10 bits per heavy atom. The number of hydrogen-bond acceptors (Lipinski definition) is 3. The van der Waals surface area contributed by atoms with Gasteiger partial charge in [-0.2, -0.15) is 0 Å². The van der Waals surface area contributed by atoms with Crippen molar-refractivity contribution in [3.63, 3.8) is 0 Å². The van der Waals surface area contributed by atoms with Gasteiger partial charge in [-0.3, -0.25) is 9.00 Å². The summed E-state index contributed by atoms with van der Waals surface area (Å²) in [5, 5.41) is 0.988. The standard InChI is InChI=1S/C9H7NO.C7H8O2S/c11-6-7-5-10-9-4-2-1-3-8(7)9;1-6-2-4-7(5-3-6)10(8)9/h1-6,10H;2-5H,1H3,(H,8,9)/p-1. The molecule has 0 aliphatic heterocycles. The average molecular weight is 300 g/mol. The van der Waals surface area contributed by atoms with Gasteiger partial charge in [0.15, 0.2) is 6.29 Å². The number of H-pyrrole nitrogens is 1. The van der Waals surface area contributed by atoms with Gasteiger partial charge in [-0.05, 0) is 36.2 Å². The van der Waals surface area contributed by atoms with E-state index < -0.39 is 11.1 Å². The molecule has 21 heavy (non-hydrogen) atoms. The van der Waals surface area contributed by atoms with E-state index in [0.717, 1.165) is 28.3 Å². The van der Waals surface area contributed by atoms with Gasteiger partial charge in [0.25, 0.3) is 0 Å². The van der Waals surface area contributed by atoms with Gasteiger partial charge in [0.05, 0.1) is 0 Å². The van der Waals surface area contributed by atoms with Crippen molar-refractivity contribution in [1.29, 1.82) is 0 Å². The zero-order chi connectivity index (χ0) is 15.2. The summed E-state index contributed by atoms with van der Waals surface area (Å²) in [6.45, 7) is 1.91. The van der Waals surface area contributed by atoms with Gasteiger partial charge in [0.1, 0.15) is 0 Å². The van der Waals surface area contributed by atoms with Crippen molar-refractivity contribution in [2.24, 2.45) is 0 Å². The van der Waals surface area contributed by atoms with Crippen LogP contribution in [0.2, 0.25) is 0 Å². The molecule has 0 amide bonds. The number of hydrogen-bond donors (Lipinski definition) is 1. The third-order valence-electron chi connectivity index (χ3n) is 2.96. The van der Waals surface area contributed by atoms with Crippen molar-refractivity contribution in [2.45, 2.75) is 11.8 Å². The van der Waals surface area contributed by atoms with E-state index in [4.69, 9.17) is 0 Å². The van der Waals surface area contributed by atoms with E-state index in [-0.39, 0.29) is 0 Å². The molecule has 0 aliphatic carbocycles. The van der Waals surface area contributed by atoms with E-state index in [1.165, 1.54) is 0 Å². The molecule has 0 spiro atoms. The molecule has 3 aromatic rings. The van der Waals surface area contributed by atoms with Crippen LogP contribution in [0.4, 0.5) is 0 Å². The van der Waals surface area contributed by atoms with Crippen LogP contribution >= 0.6 is 0 Å². The number of nitrogens with one attached hydrogen (secondary N) is 1. The number of aromatic nitrogens is 1. The molecule has 1 N–H and O–H groups in total. The zero-order valence-electron chi connectivity index (χ0n) is 11.4. The fourth-order valence-electron chi connectivity index (χ4n) is 1.84. The van der Waals surface area contributed by atoms with Crippen LogP contribution in [0.5, 0.6) is 0 Å². The number of para-hydroxylation sites is 1. The lowest BCUT2D eigenvalue weighted by molar-refractivity contribution is 0.112. The second-order valence-corrected chi connectivity index (χ2v) is 5.40. The minimum Gasteiger partial charge on any atom is -0.768 e. The largest absolute Gasteiger partial charge is 0.768 e. The highest BCUT2D eigenvalue weighted by molar-refractivity contribution is 7.79. The summed E-state index contributed by atoms with van der Waals surface area (Å²) in [5.41, 5.74) is 2.80. The molecule has 0 radical (unpaired) electrons. The molecule has 2 aromatic carbocycles. The van der Waals surface area contributed by atoms with Gasteiger partial charge < -0.3 is 9.54 Å². The molecule has 1 aromatic heterocycles. The summed E-state index contributed by atoms with van der Waals surface area (Å²) in [7, 11) is 0. The van der Waals surface area contributed by atoms with Crippen LogP contribution in [-0.2, 0) is 11.1 Å². The van der Waals surface area contributed by atoms with Crippen LogP contribution in [0.15, 0.2) is 59.6 Å². The average Bonchev–Trinajstić information content (AvgIpc) is 2.91. The minimum atomic E-state index is -2.09. The van der Waals surface area contributed by atoms with E-state index in [2.05, 4.69) is 4.98 Å². The molecule has 0 bridgehead atoms. The summed E-state index contributed by atoms with van der Waals surface area (Å²) in [4.78, 5) is 13.8. The first-order valence-corrected chi connectivity index (χ1v) is 7.36. The predicted octanol–water partition coefficient (Wildman–Crippen LogP) is 3.21. The maximum absolute atomic E-state index is 10.5. The highest BCUT2D eigenvalue weighted by Gasteiger charge is 1.98. The van der Waals surface area contributed by atoms with Gasteiger partial charge in [-0.15, -0.1) is 0 Å². The highest BCUT2D eigenvalue weighted by atomic mass is 32.2. The monoisotopic (exact) mass is 300 g/mol. The number of fused-ring (bicyclic) bond motifs is 1. The molecule has 0 saturated heterocycles. The minimum absolute atomic E-state index is 0.339. The third kappa shape index (κ3) is 3.87. The first-order chi connectivity index (χ1) is 10.1. The van der Waals surface area contributed by atoms with Gasteiger partial charge >= 0.3 is 0 Å². The smallest absolute Gasteiger partial charge is 0.152 e. The van der Waals surface area contributed by atoms with Crippen molar-refractivity contribution in [1.82, 2.24) is 4.98 Å². The number of rotatable bonds is 2. The summed E-state index contributed by atoms with van der Waals surface area (Å²) >= 11 is -2.09. The number of aryl methyl sites for hydroxylation is 1. The van der Waals surface area contributed by atoms with Gasteiger partial charge in [0.2, 0.25) is 0 Å². The summed E-state index contributed by atoms with van der Waals surface area (Å²) in [6.07, 6.45) is 2.58. The third-order valence-corrected chi connectivity index (χ3v) is 3.62. The Kier molecular flexibility index (Phi) is 5.03. The van der Waals surface area contributed by atoms with E-state index >= 15 is 0 Å². The fourth-order valence-corrected chi connectivity index (χ4v) is 2.20. The summed E-state index contributed by atoms with van der Waals surface area (Å²) in [6, 6.07) is 14.4. The normalized spacial score (nSPS) is 11.5. The van der Waals surface area contributed by atoms with Crippen LogP contribution in [-0.4, -0.2) is 20.0 Å². The van der Waals surface area contributed by atoms with E-state index in [9.17, 15) is 13.6 Å². The van der Waals surface area contributed by atoms with Crippen molar-refractivity contribution in [2.75, 3.05) is 0 Å². The fraction of sp³-hybridized carbons (Fsp3) is 0.0625. The molecule has 108 valence electrons. The number of aldehydes is 1. The van der Waals surface area contributed by atoms with E-state index in [1.807, 2.05) is 31.2 Å². The Morgan fingerprint density at radius 3 is 2.38 bits per heavy atom. The van der Waals surface area contributed by atoms with E-state index in [1.54, 1.807) is 30.5 Å². The molecule has 0 fully saturated rings. The molecule has 1 atom stereocenters. The SMILES string of the molecule is Cc1ccc(S(=O)[O-])cc1.O=Cc1c[nH]c2ccccc12. The van der Waals surface area contributed by atoms with Crippen LogP contribution < -0.4 is 0 Å². The lowest BCUT2D eigenvalue weighted by Crippen LogP contribution is -1.87. The predicted molar refractivity (Wildman–Crippen MR) is 82.1 cm³/mol. The molecular weight excluding hydrogens is 286 g/mol.